The SMILES string of the molecule is Clc1ccc(CSc2nnc3n2CCCCC3)cc1. The molecule has 0 aliphatic carbocycles. The highest BCUT2D eigenvalue weighted by Crippen LogP contribution is 2.25. The minimum absolute atomic E-state index is 0.782. The van der Waals surface area contributed by atoms with E-state index in [1.54, 1.807) is 11.8 Å². The van der Waals surface area contributed by atoms with Crippen molar-refractivity contribution in [3.8, 4) is 0 Å². The van der Waals surface area contributed by atoms with Crippen molar-refractivity contribution >= 4 is 23.4 Å². The molecule has 5 heteroatoms. The molecule has 1 aromatic carbocycles. The fourth-order valence-corrected chi connectivity index (χ4v) is 3.36. The van der Waals surface area contributed by atoms with Crippen LogP contribution < -0.4 is 0 Å². The highest BCUT2D eigenvalue weighted by molar-refractivity contribution is 7.98. The lowest BCUT2D eigenvalue weighted by Crippen LogP contribution is -2.02. The van der Waals surface area contributed by atoms with Crippen molar-refractivity contribution in [2.75, 3.05) is 0 Å². The predicted molar refractivity (Wildman–Crippen MR) is 78.6 cm³/mol. The maximum atomic E-state index is 5.89. The average Bonchev–Trinajstić information content (AvgIpc) is 2.66. The molecule has 19 heavy (non-hydrogen) atoms. The number of aryl methyl sites for hydroxylation is 1. The van der Waals surface area contributed by atoms with Crippen molar-refractivity contribution in [2.45, 2.75) is 43.1 Å². The molecule has 3 nitrogen and oxygen atoms in total. The number of thioether (sulfide) groups is 1. The molecular formula is C14H16ClN3S. The zero-order valence-corrected chi connectivity index (χ0v) is 12.3. The summed E-state index contributed by atoms with van der Waals surface area (Å²) < 4.78 is 2.29. The number of halogens is 1. The van der Waals surface area contributed by atoms with Gasteiger partial charge in [-0.25, -0.2) is 0 Å². The molecule has 0 saturated carbocycles. The Morgan fingerprint density at radius 1 is 1.11 bits per heavy atom. The van der Waals surface area contributed by atoms with Crippen molar-refractivity contribution in [2.24, 2.45) is 0 Å². The molecule has 0 amide bonds. The molecule has 1 aliphatic rings. The van der Waals surface area contributed by atoms with Gasteiger partial charge in [-0.15, -0.1) is 10.2 Å². The summed E-state index contributed by atoms with van der Waals surface area (Å²) in [6.07, 6.45) is 4.83. The van der Waals surface area contributed by atoms with E-state index in [4.69, 9.17) is 11.6 Å². The molecule has 2 heterocycles. The van der Waals surface area contributed by atoms with Crippen LogP contribution in [0.5, 0.6) is 0 Å². The first-order valence-corrected chi connectivity index (χ1v) is 7.98. The van der Waals surface area contributed by atoms with Gasteiger partial charge in [0.25, 0.3) is 0 Å². The van der Waals surface area contributed by atoms with E-state index in [1.807, 2.05) is 12.1 Å². The van der Waals surface area contributed by atoms with Gasteiger partial charge in [-0.05, 0) is 30.5 Å². The maximum absolute atomic E-state index is 5.89. The summed E-state index contributed by atoms with van der Waals surface area (Å²) in [4.78, 5) is 0. The second-order valence-corrected chi connectivity index (χ2v) is 6.16. The summed E-state index contributed by atoms with van der Waals surface area (Å²) in [7, 11) is 0. The van der Waals surface area contributed by atoms with Crippen LogP contribution in [0.25, 0.3) is 0 Å². The van der Waals surface area contributed by atoms with Crippen molar-refractivity contribution in [1.29, 1.82) is 0 Å². The van der Waals surface area contributed by atoms with E-state index in [9.17, 15) is 0 Å². The van der Waals surface area contributed by atoms with Crippen LogP contribution in [0, 0.1) is 0 Å². The Hall–Kier alpha value is -1.00. The molecule has 0 fully saturated rings. The van der Waals surface area contributed by atoms with Gasteiger partial charge in [0.2, 0.25) is 0 Å². The van der Waals surface area contributed by atoms with Gasteiger partial charge in [0.05, 0.1) is 0 Å². The zero-order chi connectivity index (χ0) is 13.1. The van der Waals surface area contributed by atoms with Crippen LogP contribution in [0.4, 0.5) is 0 Å². The van der Waals surface area contributed by atoms with Crippen LogP contribution in [0.1, 0.15) is 30.7 Å². The Labute approximate surface area is 122 Å². The van der Waals surface area contributed by atoms with Gasteiger partial charge in [0.1, 0.15) is 5.82 Å². The van der Waals surface area contributed by atoms with Gasteiger partial charge in [-0.2, -0.15) is 0 Å². The zero-order valence-electron chi connectivity index (χ0n) is 10.7. The number of rotatable bonds is 3. The molecule has 0 saturated heterocycles. The van der Waals surface area contributed by atoms with Crippen molar-refractivity contribution in [3.05, 3.63) is 40.7 Å². The Morgan fingerprint density at radius 2 is 1.95 bits per heavy atom. The van der Waals surface area contributed by atoms with Crippen molar-refractivity contribution in [3.63, 3.8) is 0 Å². The van der Waals surface area contributed by atoms with Crippen LogP contribution in [-0.2, 0) is 18.7 Å². The largest absolute Gasteiger partial charge is 0.306 e. The van der Waals surface area contributed by atoms with E-state index in [1.165, 1.54) is 24.8 Å². The van der Waals surface area contributed by atoms with Crippen molar-refractivity contribution in [1.82, 2.24) is 14.8 Å². The van der Waals surface area contributed by atoms with Gasteiger partial charge in [-0.1, -0.05) is 41.9 Å². The topological polar surface area (TPSA) is 30.7 Å². The Balaban J connectivity index is 1.70. The lowest BCUT2D eigenvalue weighted by Gasteiger charge is -2.06. The molecule has 0 spiro atoms. The number of nitrogens with zero attached hydrogens (tertiary/aromatic N) is 3. The highest BCUT2D eigenvalue weighted by Gasteiger charge is 2.14. The molecule has 0 N–H and O–H groups in total. The van der Waals surface area contributed by atoms with Crippen LogP contribution in [0.2, 0.25) is 5.02 Å². The van der Waals surface area contributed by atoms with E-state index < -0.39 is 0 Å². The maximum Gasteiger partial charge on any atom is 0.191 e. The molecule has 100 valence electrons. The van der Waals surface area contributed by atoms with Gasteiger partial charge >= 0.3 is 0 Å². The van der Waals surface area contributed by atoms with Crippen LogP contribution >= 0.6 is 23.4 Å². The van der Waals surface area contributed by atoms with E-state index in [0.29, 0.717) is 0 Å². The third-order valence-corrected chi connectivity index (χ3v) is 4.65. The predicted octanol–water partition coefficient (Wildman–Crippen LogP) is 3.95. The molecule has 0 radical (unpaired) electrons. The molecule has 3 rings (SSSR count). The standard InChI is InChI=1S/C14H16ClN3S/c15-12-7-5-11(6-8-12)10-19-14-17-16-13-4-2-1-3-9-18(13)14/h5-8H,1-4,9-10H2. The first kappa shape index (κ1) is 13.0. The highest BCUT2D eigenvalue weighted by atomic mass is 35.5. The quantitative estimate of drug-likeness (QED) is 0.803. The van der Waals surface area contributed by atoms with E-state index in [-0.39, 0.29) is 0 Å². The third kappa shape index (κ3) is 3.12. The molecule has 1 aliphatic heterocycles. The van der Waals surface area contributed by atoms with E-state index in [0.717, 1.165) is 34.7 Å². The fourth-order valence-electron chi connectivity index (χ4n) is 2.29. The van der Waals surface area contributed by atoms with E-state index >= 15 is 0 Å². The summed E-state index contributed by atoms with van der Waals surface area (Å²) in [6, 6.07) is 7.99. The van der Waals surface area contributed by atoms with Gasteiger partial charge < -0.3 is 4.57 Å². The Morgan fingerprint density at radius 3 is 2.79 bits per heavy atom. The number of hydrogen-bond acceptors (Lipinski definition) is 3. The molecular weight excluding hydrogens is 278 g/mol. The summed E-state index contributed by atoms with van der Waals surface area (Å²) in [5.74, 6) is 2.06. The Kier molecular flexibility index (Phi) is 4.09. The van der Waals surface area contributed by atoms with Gasteiger partial charge in [0.15, 0.2) is 5.16 Å². The normalized spacial score (nSPS) is 15.0. The molecule has 0 atom stereocenters. The van der Waals surface area contributed by atoms with Gasteiger partial charge in [0, 0.05) is 23.7 Å². The monoisotopic (exact) mass is 293 g/mol. The van der Waals surface area contributed by atoms with Crippen LogP contribution in [-0.4, -0.2) is 14.8 Å². The summed E-state index contributed by atoms with van der Waals surface area (Å²) in [5, 5.41) is 10.5. The second-order valence-electron chi connectivity index (χ2n) is 4.78. The molecule has 1 aromatic heterocycles. The average molecular weight is 294 g/mol. The minimum Gasteiger partial charge on any atom is -0.306 e. The lowest BCUT2D eigenvalue weighted by molar-refractivity contribution is 0.591. The number of aromatic nitrogens is 3. The summed E-state index contributed by atoms with van der Waals surface area (Å²) in [5.41, 5.74) is 1.26. The fraction of sp³-hybridized carbons (Fsp3) is 0.429. The van der Waals surface area contributed by atoms with E-state index in [2.05, 4.69) is 26.9 Å². The second kappa shape index (κ2) is 5.97. The first-order chi connectivity index (χ1) is 9.33. The molecule has 0 unspecified atom stereocenters. The van der Waals surface area contributed by atoms with Crippen LogP contribution in [0.3, 0.4) is 0 Å². The third-order valence-electron chi connectivity index (χ3n) is 3.36. The molecule has 2 aromatic rings. The first-order valence-electron chi connectivity index (χ1n) is 6.62. The number of benzene rings is 1. The van der Waals surface area contributed by atoms with Crippen molar-refractivity contribution < 1.29 is 0 Å². The summed E-state index contributed by atoms with van der Waals surface area (Å²) in [6.45, 7) is 1.06. The lowest BCUT2D eigenvalue weighted by atomic mass is 10.2. The van der Waals surface area contributed by atoms with Gasteiger partial charge in [-0.3, -0.25) is 0 Å². The van der Waals surface area contributed by atoms with Crippen LogP contribution in [0.15, 0.2) is 29.4 Å². The summed E-state index contributed by atoms with van der Waals surface area (Å²) >= 11 is 7.65. The Bertz CT molecular complexity index is 550. The number of hydrogen-bond donors (Lipinski definition) is 0. The minimum atomic E-state index is 0.782. The number of fused-ring (bicyclic) bond motifs is 1. The molecule has 0 bridgehead atoms. The smallest absolute Gasteiger partial charge is 0.191 e.